The third-order valence-corrected chi connectivity index (χ3v) is 2.22. The molecule has 0 N–H and O–H groups in total. The number of nitrogens with zero attached hydrogens (tertiary/aromatic N) is 1. The maximum absolute atomic E-state index is 12.6. The second-order valence-electron chi connectivity index (χ2n) is 3.35. The van der Waals surface area contributed by atoms with Gasteiger partial charge in [-0.15, -0.1) is 24.8 Å². The predicted molar refractivity (Wildman–Crippen MR) is 50.4 cm³/mol. The smallest absolute Gasteiger partial charge is 0.388 e. The molecule has 1 aromatic heterocycles. The van der Waals surface area contributed by atoms with Gasteiger partial charge in [-0.05, 0) is 0 Å². The van der Waals surface area contributed by atoms with Crippen LogP contribution in [0.5, 0.6) is 5.88 Å². The minimum Gasteiger partial charge on any atom is -0.388 e. The standard InChI is InChI=1S/C9H4ClF8NO/c10-2-4-6(8(13,14)15)3(7(11)12)1-5(19-4)20-9(16,17)18/h1,7H,2H2. The summed E-state index contributed by atoms with van der Waals surface area (Å²) in [6.45, 7) is 0. The van der Waals surface area contributed by atoms with Gasteiger partial charge in [0.25, 0.3) is 6.43 Å². The topological polar surface area (TPSA) is 22.1 Å². The van der Waals surface area contributed by atoms with Gasteiger partial charge in [0.2, 0.25) is 5.88 Å². The van der Waals surface area contributed by atoms with Gasteiger partial charge in [0, 0.05) is 11.6 Å². The number of ether oxygens (including phenoxy) is 1. The first kappa shape index (κ1) is 16.7. The van der Waals surface area contributed by atoms with E-state index in [-0.39, 0.29) is 6.07 Å². The van der Waals surface area contributed by atoms with Crippen LogP contribution in [0, 0.1) is 0 Å². The largest absolute Gasteiger partial charge is 0.574 e. The van der Waals surface area contributed by atoms with Crippen LogP contribution in [0.2, 0.25) is 0 Å². The minimum atomic E-state index is -5.28. The first-order chi connectivity index (χ1) is 8.95. The third kappa shape index (κ3) is 4.09. The maximum Gasteiger partial charge on any atom is 0.574 e. The lowest BCUT2D eigenvalue weighted by atomic mass is 10.1. The van der Waals surface area contributed by atoms with Crippen LogP contribution in [0.15, 0.2) is 6.07 Å². The fourth-order valence-corrected chi connectivity index (χ4v) is 1.55. The van der Waals surface area contributed by atoms with Gasteiger partial charge < -0.3 is 4.74 Å². The van der Waals surface area contributed by atoms with Crippen molar-refractivity contribution in [3.8, 4) is 5.88 Å². The highest BCUT2D eigenvalue weighted by Gasteiger charge is 2.40. The first-order valence-corrected chi connectivity index (χ1v) is 5.20. The Labute approximate surface area is 111 Å². The number of aromatic nitrogens is 1. The van der Waals surface area contributed by atoms with Gasteiger partial charge in [-0.25, -0.2) is 13.8 Å². The molecule has 20 heavy (non-hydrogen) atoms. The van der Waals surface area contributed by atoms with E-state index in [1.165, 1.54) is 0 Å². The average molecular weight is 330 g/mol. The lowest BCUT2D eigenvalue weighted by molar-refractivity contribution is -0.276. The van der Waals surface area contributed by atoms with E-state index in [1.807, 2.05) is 0 Å². The molecule has 0 unspecified atom stereocenters. The third-order valence-electron chi connectivity index (χ3n) is 1.97. The fourth-order valence-electron chi connectivity index (χ4n) is 1.36. The molecule has 0 bridgehead atoms. The number of alkyl halides is 9. The van der Waals surface area contributed by atoms with E-state index >= 15 is 0 Å². The van der Waals surface area contributed by atoms with E-state index in [0.29, 0.717) is 0 Å². The Hall–Kier alpha value is -1.32. The Morgan fingerprint density at radius 2 is 1.70 bits per heavy atom. The molecule has 0 saturated carbocycles. The number of halogens is 9. The molecule has 1 rings (SSSR count). The van der Waals surface area contributed by atoms with E-state index in [9.17, 15) is 35.1 Å². The SMILES string of the molecule is FC(F)c1cc(OC(F)(F)F)nc(CCl)c1C(F)(F)F. The van der Waals surface area contributed by atoms with Crippen molar-refractivity contribution in [2.45, 2.75) is 24.8 Å². The van der Waals surface area contributed by atoms with Crippen LogP contribution in [0.4, 0.5) is 35.1 Å². The number of rotatable bonds is 3. The quantitative estimate of drug-likeness (QED) is 0.593. The Morgan fingerprint density at radius 3 is 2.05 bits per heavy atom. The molecule has 0 spiro atoms. The molecule has 1 heterocycles. The van der Waals surface area contributed by atoms with Gasteiger partial charge in [-0.1, -0.05) is 0 Å². The lowest BCUT2D eigenvalue weighted by Crippen LogP contribution is -2.20. The second-order valence-corrected chi connectivity index (χ2v) is 3.62. The highest BCUT2D eigenvalue weighted by molar-refractivity contribution is 6.17. The van der Waals surface area contributed by atoms with E-state index in [0.717, 1.165) is 0 Å². The molecule has 0 aliphatic carbocycles. The first-order valence-electron chi connectivity index (χ1n) is 4.66. The van der Waals surface area contributed by atoms with Crippen LogP contribution in [0.3, 0.4) is 0 Å². The maximum atomic E-state index is 12.6. The summed E-state index contributed by atoms with van der Waals surface area (Å²) in [5.41, 5.74) is -4.71. The van der Waals surface area contributed by atoms with Crippen LogP contribution in [0.1, 0.15) is 23.2 Å². The highest BCUT2D eigenvalue weighted by Crippen LogP contribution is 2.40. The Morgan fingerprint density at radius 1 is 1.15 bits per heavy atom. The van der Waals surface area contributed by atoms with Crippen LogP contribution in [-0.4, -0.2) is 11.3 Å². The summed E-state index contributed by atoms with van der Waals surface area (Å²) in [5, 5.41) is 0. The fraction of sp³-hybridized carbons (Fsp3) is 0.444. The zero-order valence-electron chi connectivity index (χ0n) is 9.12. The van der Waals surface area contributed by atoms with Crippen molar-refractivity contribution in [3.63, 3.8) is 0 Å². The minimum absolute atomic E-state index is 0.114. The summed E-state index contributed by atoms with van der Waals surface area (Å²) in [6, 6.07) is -0.114. The molecule has 114 valence electrons. The van der Waals surface area contributed by atoms with Gasteiger partial charge in [0.1, 0.15) is 0 Å². The zero-order valence-corrected chi connectivity index (χ0v) is 9.87. The molecule has 0 radical (unpaired) electrons. The molecule has 0 amide bonds. The van der Waals surface area contributed by atoms with Crippen LogP contribution in [0.25, 0.3) is 0 Å². The van der Waals surface area contributed by atoms with Crippen molar-refractivity contribution in [3.05, 3.63) is 22.9 Å². The number of pyridine rings is 1. The average Bonchev–Trinajstić information content (AvgIpc) is 2.23. The number of hydrogen-bond donors (Lipinski definition) is 0. The Balaban J connectivity index is 3.47. The zero-order chi connectivity index (χ0) is 15.7. The Kier molecular flexibility index (Phi) is 4.67. The van der Waals surface area contributed by atoms with E-state index in [1.54, 1.807) is 0 Å². The summed E-state index contributed by atoms with van der Waals surface area (Å²) in [5.74, 6) is -2.44. The molecule has 1 aromatic rings. The van der Waals surface area contributed by atoms with Crippen molar-refractivity contribution in [1.82, 2.24) is 4.98 Å². The molecule has 0 aliphatic heterocycles. The molecular weight excluding hydrogens is 326 g/mol. The van der Waals surface area contributed by atoms with E-state index < -0.39 is 47.5 Å². The van der Waals surface area contributed by atoms with Crippen molar-refractivity contribution < 1.29 is 39.9 Å². The van der Waals surface area contributed by atoms with Crippen molar-refractivity contribution in [2.24, 2.45) is 0 Å². The molecule has 0 aliphatic rings. The summed E-state index contributed by atoms with van der Waals surface area (Å²) in [4.78, 5) is 2.86. The monoisotopic (exact) mass is 329 g/mol. The molecule has 0 saturated heterocycles. The highest BCUT2D eigenvalue weighted by atomic mass is 35.5. The number of hydrogen-bond acceptors (Lipinski definition) is 2. The van der Waals surface area contributed by atoms with Crippen molar-refractivity contribution in [2.75, 3.05) is 0 Å². The Bertz CT molecular complexity index is 484. The predicted octanol–water partition coefficient (Wildman–Crippen LogP) is 4.68. The molecule has 11 heteroatoms. The van der Waals surface area contributed by atoms with Gasteiger partial charge in [0.15, 0.2) is 0 Å². The summed E-state index contributed by atoms with van der Waals surface area (Å²) < 4.78 is 102. The summed E-state index contributed by atoms with van der Waals surface area (Å²) >= 11 is 5.11. The molecule has 0 atom stereocenters. The van der Waals surface area contributed by atoms with Crippen molar-refractivity contribution >= 4 is 11.6 Å². The summed E-state index contributed by atoms with van der Waals surface area (Å²) in [7, 11) is 0. The van der Waals surface area contributed by atoms with Gasteiger partial charge in [-0.3, -0.25) is 0 Å². The molecule has 2 nitrogen and oxygen atoms in total. The molecule has 0 fully saturated rings. The van der Waals surface area contributed by atoms with E-state index in [4.69, 9.17) is 11.6 Å². The molecule has 0 aromatic carbocycles. The van der Waals surface area contributed by atoms with Gasteiger partial charge >= 0.3 is 12.5 Å². The van der Waals surface area contributed by atoms with Crippen LogP contribution < -0.4 is 4.74 Å². The lowest BCUT2D eigenvalue weighted by Gasteiger charge is -2.17. The second kappa shape index (κ2) is 5.58. The van der Waals surface area contributed by atoms with E-state index in [2.05, 4.69) is 9.72 Å². The molecular formula is C9H4ClF8NO. The summed E-state index contributed by atoms with van der Waals surface area (Å²) in [6.07, 6.45) is -14.2. The van der Waals surface area contributed by atoms with Crippen LogP contribution in [-0.2, 0) is 12.1 Å². The van der Waals surface area contributed by atoms with Gasteiger partial charge in [0.05, 0.1) is 17.1 Å². The normalized spacial score (nSPS) is 12.9. The van der Waals surface area contributed by atoms with Crippen LogP contribution >= 0.6 is 11.6 Å². The van der Waals surface area contributed by atoms with Crippen molar-refractivity contribution in [1.29, 1.82) is 0 Å². The van der Waals surface area contributed by atoms with Gasteiger partial charge in [-0.2, -0.15) is 13.2 Å².